The van der Waals surface area contributed by atoms with E-state index >= 15 is 0 Å². The molecule has 0 bridgehead atoms. The van der Waals surface area contributed by atoms with Crippen molar-refractivity contribution in [1.82, 2.24) is 19.5 Å². The van der Waals surface area contributed by atoms with Crippen molar-refractivity contribution >= 4 is 35.5 Å². The van der Waals surface area contributed by atoms with Crippen molar-refractivity contribution in [2.75, 3.05) is 11.9 Å². The second kappa shape index (κ2) is 11.2. The van der Waals surface area contributed by atoms with Crippen LogP contribution in [-0.4, -0.2) is 61.4 Å². The highest BCUT2D eigenvalue weighted by atomic mass is 32.5. The Morgan fingerprint density at radius 3 is 2.29 bits per heavy atom. The Kier molecular flexibility index (Phi) is 8.34. The quantitative estimate of drug-likeness (QED) is 0.302. The summed E-state index contributed by atoms with van der Waals surface area (Å²) < 4.78 is 39.6. The molecule has 1 aromatic carbocycles. The van der Waals surface area contributed by atoms with Gasteiger partial charge >= 0.3 is 6.72 Å². The van der Waals surface area contributed by atoms with Gasteiger partial charge in [0.2, 0.25) is 0 Å². The Balaban J connectivity index is 1.38. The highest BCUT2D eigenvalue weighted by molar-refractivity contribution is 8.07. The Labute approximate surface area is 246 Å². The van der Waals surface area contributed by atoms with Gasteiger partial charge in [-0.25, -0.2) is 15.0 Å². The number of imidazole rings is 1. The molecule has 2 fully saturated rings. The molecule has 41 heavy (non-hydrogen) atoms. The maximum absolute atomic E-state index is 6.53. The van der Waals surface area contributed by atoms with Gasteiger partial charge in [0.05, 0.1) is 24.1 Å². The lowest BCUT2D eigenvalue weighted by molar-refractivity contribution is -0.199. The predicted octanol–water partition coefficient (Wildman–Crippen LogP) is 5.73. The van der Waals surface area contributed by atoms with Crippen molar-refractivity contribution in [3.05, 3.63) is 48.5 Å². The van der Waals surface area contributed by atoms with E-state index in [1.54, 1.807) is 6.33 Å². The standard InChI is InChI=1S/C28H40N5O6PS/c1-26(2,3)38-40(41,39-27(4,5)6)34-15-19-21-22(37-28(7,8)36-21)25(35-19)33-17-32-20-23(30-16-31-24(20)33)29-14-18-12-10-9-11-13-18/h9-13,16-17,19,21-22,25H,14-15H2,1-8H3,(H,29,30,31)/t19-,21+,22?,25-/m1/s1. The molecule has 1 N–H and O–H groups in total. The van der Waals surface area contributed by atoms with E-state index in [1.165, 1.54) is 6.33 Å². The van der Waals surface area contributed by atoms with Crippen LogP contribution in [0, 0.1) is 0 Å². The van der Waals surface area contributed by atoms with E-state index in [0.29, 0.717) is 23.5 Å². The molecule has 0 spiro atoms. The van der Waals surface area contributed by atoms with Crippen LogP contribution in [0.4, 0.5) is 5.82 Å². The van der Waals surface area contributed by atoms with Crippen molar-refractivity contribution in [3.63, 3.8) is 0 Å². The monoisotopic (exact) mass is 605 g/mol. The Hall–Kier alpha value is -2.02. The molecule has 2 aromatic heterocycles. The zero-order valence-electron chi connectivity index (χ0n) is 24.9. The molecule has 11 nitrogen and oxygen atoms in total. The molecule has 13 heteroatoms. The molecule has 0 saturated carbocycles. The minimum atomic E-state index is -3.13. The lowest BCUT2D eigenvalue weighted by atomic mass is 10.1. The van der Waals surface area contributed by atoms with Crippen molar-refractivity contribution in [2.24, 2.45) is 0 Å². The van der Waals surface area contributed by atoms with Crippen molar-refractivity contribution in [3.8, 4) is 0 Å². The average Bonchev–Trinajstić information content (AvgIpc) is 3.50. The van der Waals surface area contributed by atoms with Gasteiger partial charge in [-0.05, 0) is 72.8 Å². The number of benzene rings is 1. The first-order chi connectivity index (χ1) is 19.1. The molecule has 5 rings (SSSR count). The van der Waals surface area contributed by atoms with E-state index in [2.05, 4.69) is 32.4 Å². The molecule has 2 saturated heterocycles. The SMILES string of the molecule is CC(C)(C)OP(=S)(OC[C@H]1O[C@@H](n2cnc3c(NCc4ccccc4)ncnc32)C2OC(C)(C)O[C@H]21)OC(C)(C)C. The highest BCUT2D eigenvalue weighted by Crippen LogP contribution is 2.56. The van der Waals surface area contributed by atoms with Crippen LogP contribution in [-0.2, 0) is 46.1 Å². The summed E-state index contributed by atoms with van der Waals surface area (Å²) in [6.07, 6.45) is 1.29. The number of fused-ring (bicyclic) bond motifs is 2. The predicted molar refractivity (Wildman–Crippen MR) is 159 cm³/mol. The molecule has 3 aromatic rings. The molecule has 1 unspecified atom stereocenters. The summed E-state index contributed by atoms with van der Waals surface area (Å²) in [5.41, 5.74) is 1.27. The van der Waals surface area contributed by atoms with Gasteiger partial charge in [-0.1, -0.05) is 30.3 Å². The number of nitrogens with one attached hydrogen (secondary N) is 1. The summed E-state index contributed by atoms with van der Waals surface area (Å²) in [6.45, 7) is 12.9. The van der Waals surface area contributed by atoms with Gasteiger partial charge in [0, 0.05) is 6.54 Å². The molecule has 4 heterocycles. The number of hydrogen-bond donors (Lipinski definition) is 1. The van der Waals surface area contributed by atoms with Gasteiger partial charge in [-0.3, -0.25) is 4.57 Å². The zero-order valence-corrected chi connectivity index (χ0v) is 26.6. The van der Waals surface area contributed by atoms with Gasteiger partial charge < -0.3 is 33.1 Å². The Morgan fingerprint density at radius 1 is 0.976 bits per heavy atom. The topological polar surface area (TPSA) is 111 Å². The van der Waals surface area contributed by atoms with Gasteiger partial charge in [0.15, 0.2) is 29.0 Å². The Bertz CT molecular complexity index is 1390. The van der Waals surface area contributed by atoms with E-state index in [4.69, 9.17) is 39.6 Å². The Morgan fingerprint density at radius 2 is 1.63 bits per heavy atom. The molecule has 0 aliphatic carbocycles. The molecule has 224 valence electrons. The largest absolute Gasteiger partial charge is 0.364 e. The van der Waals surface area contributed by atoms with E-state index in [1.807, 2.05) is 78.2 Å². The number of anilines is 1. The van der Waals surface area contributed by atoms with Gasteiger partial charge in [0.25, 0.3) is 0 Å². The molecule has 0 radical (unpaired) electrons. The van der Waals surface area contributed by atoms with Gasteiger partial charge in [-0.15, -0.1) is 0 Å². The van der Waals surface area contributed by atoms with Crippen LogP contribution in [0.25, 0.3) is 11.2 Å². The lowest BCUT2D eigenvalue weighted by Crippen LogP contribution is -2.33. The van der Waals surface area contributed by atoms with Crippen LogP contribution in [0.1, 0.15) is 67.2 Å². The average molecular weight is 606 g/mol. The van der Waals surface area contributed by atoms with Gasteiger partial charge in [-0.2, -0.15) is 0 Å². The second-order valence-electron chi connectivity index (χ2n) is 12.7. The van der Waals surface area contributed by atoms with Crippen LogP contribution in [0.15, 0.2) is 43.0 Å². The fourth-order valence-electron chi connectivity index (χ4n) is 4.87. The van der Waals surface area contributed by atoms with E-state index in [9.17, 15) is 0 Å². The maximum atomic E-state index is 6.53. The summed E-state index contributed by atoms with van der Waals surface area (Å²) in [5.74, 6) is -0.178. The molecule has 0 amide bonds. The highest BCUT2D eigenvalue weighted by Gasteiger charge is 2.56. The normalized spacial score (nSPS) is 24.6. The number of rotatable bonds is 9. The zero-order chi connectivity index (χ0) is 29.6. The summed E-state index contributed by atoms with van der Waals surface area (Å²) in [6, 6.07) is 10.1. The van der Waals surface area contributed by atoms with Crippen LogP contribution < -0.4 is 5.32 Å². The lowest BCUT2D eigenvalue weighted by Gasteiger charge is -2.34. The minimum absolute atomic E-state index is 0.103. The molecule has 4 atom stereocenters. The van der Waals surface area contributed by atoms with Gasteiger partial charge in [0.1, 0.15) is 24.6 Å². The fourth-order valence-corrected chi connectivity index (χ4v) is 8.21. The third kappa shape index (κ3) is 7.32. The smallest absolute Gasteiger partial charge is 0.328 e. The van der Waals surface area contributed by atoms with Crippen molar-refractivity contribution in [2.45, 2.75) is 103 Å². The fraction of sp³-hybridized carbons (Fsp3) is 0.607. The number of ether oxygens (including phenoxy) is 3. The molecular weight excluding hydrogens is 565 g/mol. The second-order valence-corrected chi connectivity index (χ2v) is 15.5. The molecule has 2 aliphatic rings. The third-order valence-electron chi connectivity index (χ3n) is 6.23. The van der Waals surface area contributed by atoms with Crippen LogP contribution >= 0.6 is 6.72 Å². The summed E-state index contributed by atoms with van der Waals surface area (Å²) in [7, 11) is 0. The molecular formula is C28H40N5O6PS. The first-order valence-corrected chi connectivity index (χ1v) is 16.3. The van der Waals surface area contributed by atoms with E-state index in [-0.39, 0.29) is 6.61 Å². The first-order valence-electron chi connectivity index (χ1n) is 13.7. The summed E-state index contributed by atoms with van der Waals surface area (Å²) >= 11 is 5.82. The van der Waals surface area contributed by atoms with Crippen molar-refractivity contribution < 1.29 is 27.8 Å². The number of aromatic nitrogens is 4. The van der Waals surface area contributed by atoms with Crippen molar-refractivity contribution in [1.29, 1.82) is 0 Å². The number of hydrogen-bond acceptors (Lipinski definition) is 11. The third-order valence-corrected chi connectivity index (χ3v) is 9.00. The van der Waals surface area contributed by atoms with Crippen LogP contribution in [0.3, 0.4) is 0 Å². The van der Waals surface area contributed by atoms with E-state index < -0.39 is 48.2 Å². The number of nitrogens with zero attached hydrogens (tertiary/aromatic N) is 4. The maximum Gasteiger partial charge on any atom is 0.328 e. The molecule has 2 aliphatic heterocycles. The minimum Gasteiger partial charge on any atom is -0.364 e. The summed E-state index contributed by atoms with van der Waals surface area (Å²) in [4.78, 5) is 13.6. The van der Waals surface area contributed by atoms with Crippen LogP contribution in [0.5, 0.6) is 0 Å². The summed E-state index contributed by atoms with van der Waals surface area (Å²) in [5, 5.41) is 3.37. The first kappa shape index (κ1) is 30.4. The van der Waals surface area contributed by atoms with E-state index in [0.717, 1.165) is 5.56 Å². The van der Waals surface area contributed by atoms with Crippen LogP contribution in [0.2, 0.25) is 0 Å².